The normalized spacial score (nSPS) is 10.5. The maximum atomic E-state index is 12.2. The summed E-state index contributed by atoms with van der Waals surface area (Å²) in [5.41, 5.74) is 1.92. The summed E-state index contributed by atoms with van der Waals surface area (Å²) in [6.45, 7) is 6.99. The molecule has 0 bridgehead atoms. The van der Waals surface area contributed by atoms with Crippen LogP contribution in [0.4, 0.5) is 5.82 Å². The lowest BCUT2D eigenvalue weighted by atomic mass is 10.1. The molecule has 0 aliphatic heterocycles. The minimum atomic E-state index is -0.0513. The van der Waals surface area contributed by atoms with Gasteiger partial charge in [0.2, 0.25) is 0 Å². The molecule has 1 N–H and O–H groups in total. The van der Waals surface area contributed by atoms with Gasteiger partial charge >= 0.3 is 0 Å². The van der Waals surface area contributed by atoms with Crippen molar-refractivity contribution in [2.45, 2.75) is 39.5 Å². The molecule has 0 aliphatic rings. The molecule has 0 spiro atoms. The number of nitrogens with zero attached hydrogens (tertiary/aromatic N) is 2. The molecule has 0 saturated carbocycles. The van der Waals surface area contributed by atoms with Crippen LogP contribution in [0.5, 0.6) is 0 Å². The fourth-order valence-corrected chi connectivity index (χ4v) is 2.83. The summed E-state index contributed by atoms with van der Waals surface area (Å²) in [6, 6.07) is 14.1. The highest BCUT2D eigenvalue weighted by Gasteiger charge is 2.09. The summed E-state index contributed by atoms with van der Waals surface area (Å²) >= 11 is 0. The van der Waals surface area contributed by atoms with E-state index in [1.807, 2.05) is 30.3 Å². The molecule has 0 unspecified atom stereocenters. The molecule has 134 valence electrons. The van der Waals surface area contributed by atoms with Crippen molar-refractivity contribution in [1.82, 2.24) is 10.3 Å². The Hall–Kier alpha value is -2.36. The fraction of sp³-hybridized carbons (Fsp3) is 0.429. The smallest absolute Gasteiger partial charge is 0.252 e. The summed E-state index contributed by atoms with van der Waals surface area (Å²) < 4.78 is 0. The van der Waals surface area contributed by atoms with Crippen molar-refractivity contribution in [2.24, 2.45) is 0 Å². The van der Waals surface area contributed by atoms with Gasteiger partial charge in [-0.05, 0) is 43.4 Å². The van der Waals surface area contributed by atoms with Gasteiger partial charge in [-0.3, -0.25) is 4.79 Å². The zero-order valence-corrected chi connectivity index (χ0v) is 15.4. The molecule has 1 amide bonds. The Labute approximate surface area is 151 Å². The molecule has 4 nitrogen and oxygen atoms in total. The fourth-order valence-electron chi connectivity index (χ4n) is 2.83. The molecule has 1 aromatic heterocycles. The molecule has 25 heavy (non-hydrogen) atoms. The second-order valence-electron chi connectivity index (χ2n) is 6.24. The predicted octanol–water partition coefficient (Wildman–Crippen LogP) is 4.07. The molecule has 0 radical (unpaired) electrons. The number of hydrogen-bond acceptors (Lipinski definition) is 3. The van der Waals surface area contributed by atoms with Crippen molar-refractivity contribution in [2.75, 3.05) is 24.5 Å². The second-order valence-corrected chi connectivity index (χ2v) is 6.24. The lowest BCUT2D eigenvalue weighted by Gasteiger charge is -2.22. The summed E-state index contributed by atoms with van der Waals surface area (Å²) in [6.07, 6.45) is 5.76. The standard InChI is InChI=1S/C21H29N3O/c1-3-15-24(16-4-2)20-13-12-19(17-23-20)21(25)22-14-8-11-18-9-6-5-7-10-18/h5-7,9-10,12-13,17H,3-4,8,11,14-16H2,1-2H3,(H,22,25). The zero-order chi connectivity index (χ0) is 17.9. The van der Waals surface area contributed by atoms with E-state index in [9.17, 15) is 4.79 Å². The molecule has 2 aromatic rings. The molecular formula is C21H29N3O. The number of aryl methyl sites for hydroxylation is 1. The quantitative estimate of drug-likeness (QED) is 0.664. The van der Waals surface area contributed by atoms with Crippen LogP contribution in [0.2, 0.25) is 0 Å². The maximum Gasteiger partial charge on any atom is 0.252 e. The molecule has 2 rings (SSSR count). The van der Waals surface area contributed by atoms with Gasteiger partial charge in [-0.25, -0.2) is 4.98 Å². The van der Waals surface area contributed by atoms with Gasteiger partial charge in [0.1, 0.15) is 5.82 Å². The molecule has 0 atom stereocenters. The van der Waals surface area contributed by atoms with Crippen LogP contribution >= 0.6 is 0 Å². The minimum absolute atomic E-state index is 0.0513. The molecular weight excluding hydrogens is 310 g/mol. The van der Waals surface area contributed by atoms with Gasteiger partial charge < -0.3 is 10.2 Å². The molecule has 1 aromatic carbocycles. The first-order chi connectivity index (χ1) is 12.2. The van der Waals surface area contributed by atoms with Crippen LogP contribution in [0.1, 0.15) is 49.0 Å². The molecule has 0 aliphatic carbocycles. The Morgan fingerprint density at radius 2 is 1.76 bits per heavy atom. The number of amides is 1. The molecule has 4 heteroatoms. The SMILES string of the molecule is CCCN(CCC)c1ccc(C(=O)NCCCc2ccccc2)cn1. The highest BCUT2D eigenvalue weighted by molar-refractivity contribution is 5.94. The third kappa shape index (κ3) is 6.22. The van der Waals surface area contributed by atoms with Gasteiger partial charge in [-0.2, -0.15) is 0 Å². The van der Waals surface area contributed by atoms with Crippen LogP contribution < -0.4 is 10.2 Å². The number of nitrogens with one attached hydrogen (secondary N) is 1. The largest absolute Gasteiger partial charge is 0.357 e. The third-order valence-electron chi connectivity index (χ3n) is 4.09. The van der Waals surface area contributed by atoms with Crippen molar-refractivity contribution in [3.8, 4) is 0 Å². The number of carbonyl (C=O) groups is 1. The summed E-state index contributed by atoms with van der Waals surface area (Å²) in [7, 11) is 0. The van der Waals surface area contributed by atoms with Gasteiger partial charge in [0, 0.05) is 25.8 Å². The highest BCUT2D eigenvalue weighted by atomic mass is 16.1. The molecule has 0 fully saturated rings. The van der Waals surface area contributed by atoms with E-state index < -0.39 is 0 Å². The van der Waals surface area contributed by atoms with Gasteiger partial charge in [0.05, 0.1) is 5.56 Å². The minimum Gasteiger partial charge on any atom is -0.357 e. The summed E-state index contributed by atoms with van der Waals surface area (Å²) in [4.78, 5) is 19.0. The van der Waals surface area contributed by atoms with E-state index in [2.05, 4.69) is 41.2 Å². The van der Waals surface area contributed by atoms with Gasteiger partial charge in [-0.1, -0.05) is 44.2 Å². The first-order valence-corrected chi connectivity index (χ1v) is 9.27. The van der Waals surface area contributed by atoms with Crippen LogP contribution in [-0.4, -0.2) is 30.5 Å². The Bertz CT molecular complexity index is 619. The van der Waals surface area contributed by atoms with E-state index in [0.29, 0.717) is 12.1 Å². The Kier molecular flexibility index (Phi) is 7.96. The number of anilines is 1. The van der Waals surface area contributed by atoms with Crippen LogP contribution in [0, 0.1) is 0 Å². The average Bonchev–Trinajstić information content (AvgIpc) is 2.66. The summed E-state index contributed by atoms with van der Waals surface area (Å²) in [5, 5.41) is 2.98. The first kappa shape index (κ1) is 19.0. The molecule has 1 heterocycles. The highest BCUT2D eigenvalue weighted by Crippen LogP contribution is 2.12. The number of pyridine rings is 1. The van der Waals surface area contributed by atoms with Crippen LogP contribution in [0.3, 0.4) is 0 Å². The van der Waals surface area contributed by atoms with Crippen molar-refractivity contribution in [3.63, 3.8) is 0 Å². The van der Waals surface area contributed by atoms with Crippen molar-refractivity contribution in [3.05, 3.63) is 59.8 Å². The van der Waals surface area contributed by atoms with E-state index in [-0.39, 0.29) is 5.91 Å². The van der Waals surface area contributed by atoms with Gasteiger partial charge in [0.25, 0.3) is 5.91 Å². The topological polar surface area (TPSA) is 45.2 Å². The van der Waals surface area contributed by atoms with Crippen LogP contribution in [0.25, 0.3) is 0 Å². The lowest BCUT2D eigenvalue weighted by Crippen LogP contribution is -2.27. The van der Waals surface area contributed by atoms with E-state index in [1.54, 1.807) is 6.20 Å². The van der Waals surface area contributed by atoms with Gasteiger partial charge in [0.15, 0.2) is 0 Å². The van der Waals surface area contributed by atoms with E-state index in [4.69, 9.17) is 0 Å². The average molecular weight is 339 g/mol. The summed E-state index contributed by atoms with van der Waals surface area (Å²) in [5.74, 6) is 0.897. The predicted molar refractivity (Wildman–Crippen MR) is 104 cm³/mol. The zero-order valence-electron chi connectivity index (χ0n) is 15.4. The number of aromatic nitrogens is 1. The monoisotopic (exact) mass is 339 g/mol. The van der Waals surface area contributed by atoms with Crippen molar-refractivity contribution >= 4 is 11.7 Å². The van der Waals surface area contributed by atoms with E-state index in [0.717, 1.165) is 44.6 Å². The van der Waals surface area contributed by atoms with E-state index in [1.165, 1.54) is 5.56 Å². The Morgan fingerprint density at radius 3 is 2.36 bits per heavy atom. The maximum absolute atomic E-state index is 12.2. The number of carbonyl (C=O) groups excluding carboxylic acids is 1. The van der Waals surface area contributed by atoms with Gasteiger partial charge in [-0.15, -0.1) is 0 Å². The van der Waals surface area contributed by atoms with Crippen LogP contribution in [-0.2, 0) is 6.42 Å². The first-order valence-electron chi connectivity index (χ1n) is 9.27. The molecule has 0 saturated heterocycles. The number of hydrogen-bond donors (Lipinski definition) is 1. The number of rotatable bonds is 10. The van der Waals surface area contributed by atoms with E-state index >= 15 is 0 Å². The third-order valence-corrected chi connectivity index (χ3v) is 4.09. The number of benzene rings is 1. The van der Waals surface area contributed by atoms with Crippen LogP contribution in [0.15, 0.2) is 48.7 Å². The van der Waals surface area contributed by atoms with Crippen molar-refractivity contribution < 1.29 is 4.79 Å². The Morgan fingerprint density at radius 1 is 1.04 bits per heavy atom. The Balaban J connectivity index is 1.81. The lowest BCUT2D eigenvalue weighted by molar-refractivity contribution is 0.0953. The van der Waals surface area contributed by atoms with Crippen molar-refractivity contribution in [1.29, 1.82) is 0 Å². The second kappa shape index (κ2) is 10.5.